The van der Waals surface area contributed by atoms with Crippen LogP contribution in [0.5, 0.6) is 5.75 Å². The second-order valence-corrected chi connectivity index (χ2v) is 6.52. The van der Waals surface area contributed by atoms with Crippen LogP contribution in [0.25, 0.3) is 0 Å². The highest BCUT2D eigenvalue weighted by molar-refractivity contribution is 14.0. The highest BCUT2D eigenvalue weighted by atomic mass is 127. The first-order valence-electron chi connectivity index (χ1n) is 9.10. The van der Waals surface area contributed by atoms with Gasteiger partial charge in [0.05, 0.1) is 6.54 Å². The van der Waals surface area contributed by atoms with Gasteiger partial charge in [0.25, 0.3) is 0 Å². The summed E-state index contributed by atoms with van der Waals surface area (Å²) >= 11 is 0. The summed E-state index contributed by atoms with van der Waals surface area (Å²) in [4.78, 5) is 8.59. The number of nitrogens with zero attached hydrogens (tertiary/aromatic N) is 4. The molecule has 2 heterocycles. The van der Waals surface area contributed by atoms with Gasteiger partial charge in [0.2, 0.25) is 0 Å². The zero-order valence-corrected chi connectivity index (χ0v) is 18.9. The topological polar surface area (TPSA) is 85.6 Å². The first-order chi connectivity index (χ1) is 13.9. The van der Waals surface area contributed by atoms with Crippen LogP contribution in [-0.4, -0.2) is 47.3 Å². The van der Waals surface area contributed by atoms with Gasteiger partial charge in [-0.1, -0.05) is 18.2 Å². The van der Waals surface area contributed by atoms with Crippen LogP contribution in [0, 0.1) is 0 Å². The lowest BCUT2D eigenvalue weighted by atomic mass is 10.1. The molecular formula is C18H24F3IN6O2. The average Bonchev–Trinajstić information content (AvgIpc) is 3.07. The van der Waals surface area contributed by atoms with Crippen molar-refractivity contribution in [2.75, 3.05) is 14.2 Å². The van der Waals surface area contributed by atoms with E-state index in [1.54, 1.807) is 26.3 Å². The van der Waals surface area contributed by atoms with Crippen molar-refractivity contribution < 1.29 is 22.6 Å². The predicted molar refractivity (Wildman–Crippen MR) is 115 cm³/mol. The number of halogens is 4. The second-order valence-electron chi connectivity index (χ2n) is 6.52. The molecule has 30 heavy (non-hydrogen) atoms. The molecule has 0 spiro atoms. The Morgan fingerprint density at radius 1 is 1.33 bits per heavy atom. The molecule has 8 nitrogen and oxygen atoms in total. The Hall–Kier alpha value is -2.09. The van der Waals surface area contributed by atoms with Gasteiger partial charge in [-0.05, 0) is 12.5 Å². The summed E-state index contributed by atoms with van der Waals surface area (Å²) in [7, 11) is 3.20. The Labute approximate surface area is 189 Å². The first kappa shape index (κ1) is 24.2. The third-order valence-electron chi connectivity index (χ3n) is 4.38. The Balaban J connectivity index is 0.00000320. The minimum absolute atomic E-state index is 0. The van der Waals surface area contributed by atoms with Crippen LogP contribution in [0.4, 0.5) is 13.2 Å². The van der Waals surface area contributed by atoms with Crippen molar-refractivity contribution in [3.05, 3.63) is 41.5 Å². The van der Waals surface area contributed by atoms with E-state index >= 15 is 0 Å². The number of alkyl halides is 3. The minimum atomic E-state index is -4.74. The number of guanidine groups is 1. The number of aromatic nitrogens is 3. The van der Waals surface area contributed by atoms with Gasteiger partial charge in [-0.25, -0.2) is 9.67 Å². The summed E-state index contributed by atoms with van der Waals surface area (Å²) < 4.78 is 48.7. The van der Waals surface area contributed by atoms with Crippen molar-refractivity contribution in [1.82, 2.24) is 25.4 Å². The maximum atomic E-state index is 12.6. The molecule has 3 rings (SSSR count). The number of hydrogen-bond acceptors (Lipinski definition) is 5. The fraction of sp³-hybridized carbons (Fsp3) is 0.500. The molecule has 2 aromatic rings. The summed E-state index contributed by atoms with van der Waals surface area (Å²) in [5, 5.41) is 10.7. The number of rotatable bonds is 6. The Bertz CT molecular complexity index is 859. The molecular weight excluding hydrogens is 516 g/mol. The average molecular weight is 540 g/mol. The van der Waals surface area contributed by atoms with Gasteiger partial charge in [-0.2, -0.15) is 5.10 Å². The van der Waals surface area contributed by atoms with Crippen molar-refractivity contribution in [2.45, 2.75) is 44.9 Å². The van der Waals surface area contributed by atoms with Crippen molar-refractivity contribution in [1.29, 1.82) is 0 Å². The van der Waals surface area contributed by atoms with E-state index in [2.05, 4.69) is 30.4 Å². The van der Waals surface area contributed by atoms with Crippen LogP contribution < -0.4 is 15.4 Å². The normalized spacial score (nSPS) is 16.4. The summed E-state index contributed by atoms with van der Waals surface area (Å²) in [5.41, 5.74) is 0.374. The molecule has 0 radical (unpaired) electrons. The van der Waals surface area contributed by atoms with E-state index in [-0.39, 0.29) is 42.3 Å². The van der Waals surface area contributed by atoms with Gasteiger partial charge in [0.15, 0.2) is 11.8 Å². The smallest absolute Gasteiger partial charge is 0.405 e. The van der Waals surface area contributed by atoms with E-state index < -0.39 is 6.36 Å². The molecule has 0 saturated heterocycles. The summed E-state index contributed by atoms with van der Waals surface area (Å²) in [6.45, 7) is 1.10. The Kier molecular flexibility index (Phi) is 8.70. The molecule has 1 aromatic carbocycles. The van der Waals surface area contributed by atoms with Crippen LogP contribution in [-0.2, 0) is 30.9 Å². The third-order valence-corrected chi connectivity index (χ3v) is 4.38. The van der Waals surface area contributed by atoms with Gasteiger partial charge in [0, 0.05) is 38.7 Å². The lowest BCUT2D eigenvalue weighted by Gasteiger charge is -2.25. The molecule has 0 fully saturated rings. The Morgan fingerprint density at radius 3 is 2.80 bits per heavy atom. The molecule has 0 bridgehead atoms. The first-order valence-corrected chi connectivity index (χ1v) is 9.10. The number of aliphatic imine (C=N–C) groups is 1. The molecule has 2 N–H and O–H groups in total. The van der Waals surface area contributed by atoms with E-state index in [9.17, 15) is 13.2 Å². The zero-order chi connectivity index (χ0) is 20.9. The molecule has 1 aliphatic rings. The van der Waals surface area contributed by atoms with Gasteiger partial charge in [0.1, 0.15) is 18.2 Å². The van der Waals surface area contributed by atoms with E-state index in [0.29, 0.717) is 30.5 Å². The van der Waals surface area contributed by atoms with Gasteiger partial charge >= 0.3 is 6.36 Å². The molecule has 166 valence electrons. The minimum Gasteiger partial charge on any atom is -0.405 e. The molecule has 1 aromatic heterocycles. The van der Waals surface area contributed by atoms with Crippen LogP contribution in [0.15, 0.2) is 29.3 Å². The fourth-order valence-corrected chi connectivity index (χ4v) is 3.11. The standard InChI is InChI=1S/C18H23F3N6O2.HI/c1-22-17(23-9-12-5-3-4-6-14(12)29-18(19,20)21)24-13-7-8-16-25-15(11-28-2)26-27(16)10-13;/h3-6,13H,7-11H2,1-2H3,(H2,22,23,24);1H. The van der Waals surface area contributed by atoms with Crippen LogP contribution in [0.1, 0.15) is 23.6 Å². The number of methoxy groups -OCH3 is 1. The monoisotopic (exact) mass is 540 g/mol. The highest BCUT2D eigenvalue weighted by Gasteiger charge is 2.32. The number of fused-ring (bicyclic) bond motifs is 1. The highest BCUT2D eigenvalue weighted by Crippen LogP contribution is 2.26. The lowest BCUT2D eigenvalue weighted by molar-refractivity contribution is -0.274. The number of hydrogen-bond donors (Lipinski definition) is 2. The summed E-state index contributed by atoms with van der Waals surface area (Å²) in [6.07, 6.45) is -3.15. The van der Waals surface area contributed by atoms with E-state index in [0.717, 1.165) is 18.7 Å². The van der Waals surface area contributed by atoms with Crippen LogP contribution in [0.3, 0.4) is 0 Å². The molecule has 12 heteroatoms. The Morgan fingerprint density at radius 2 is 2.10 bits per heavy atom. The van der Waals surface area contributed by atoms with E-state index in [1.807, 2.05) is 4.68 Å². The molecule has 0 aliphatic carbocycles. The molecule has 1 atom stereocenters. The van der Waals surface area contributed by atoms with Crippen LogP contribution in [0.2, 0.25) is 0 Å². The number of ether oxygens (including phenoxy) is 2. The molecule has 1 unspecified atom stereocenters. The van der Waals surface area contributed by atoms with Crippen molar-refractivity contribution >= 4 is 29.9 Å². The van der Waals surface area contributed by atoms with Crippen molar-refractivity contribution in [3.63, 3.8) is 0 Å². The predicted octanol–water partition coefficient (Wildman–Crippen LogP) is 2.62. The molecule has 0 saturated carbocycles. The number of aryl methyl sites for hydroxylation is 1. The number of benzene rings is 1. The molecule has 0 amide bonds. The SMILES string of the molecule is CN=C(NCc1ccccc1OC(F)(F)F)NC1CCc2nc(COC)nn2C1.I. The summed E-state index contributed by atoms with van der Waals surface area (Å²) in [5.74, 6) is 1.80. The quantitative estimate of drug-likeness (QED) is 0.333. The maximum Gasteiger partial charge on any atom is 0.573 e. The number of para-hydroxylation sites is 1. The zero-order valence-electron chi connectivity index (χ0n) is 16.6. The van der Waals surface area contributed by atoms with Crippen LogP contribution >= 0.6 is 24.0 Å². The number of nitrogens with one attached hydrogen (secondary N) is 2. The van der Waals surface area contributed by atoms with Gasteiger partial charge < -0.3 is 20.1 Å². The third kappa shape index (κ3) is 6.72. The largest absolute Gasteiger partial charge is 0.573 e. The van der Waals surface area contributed by atoms with E-state index in [1.165, 1.54) is 12.1 Å². The fourth-order valence-electron chi connectivity index (χ4n) is 3.11. The van der Waals surface area contributed by atoms with Crippen molar-refractivity contribution in [2.24, 2.45) is 4.99 Å². The second kappa shape index (κ2) is 10.8. The van der Waals surface area contributed by atoms with Gasteiger partial charge in [-0.3, -0.25) is 4.99 Å². The van der Waals surface area contributed by atoms with Crippen molar-refractivity contribution in [3.8, 4) is 5.75 Å². The van der Waals surface area contributed by atoms with E-state index in [4.69, 9.17) is 4.74 Å². The maximum absolute atomic E-state index is 12.6. The van der Waals surface area contributed by atoms with Gasteiger partial charge in [-0.15, -0.1) is 37.1 Å². The lowest BCUT2D eigenvalue weighted by Crippen LogP contribution is -2.46. The summed E-state index contributed by atoms with van der Waals surface area (Å²) in [6, 6.07) is 6.06. The molecule has 1 aliphatic heterocycles.